The minimum Gasteiger partial charge on any atom is -0.397 e. The van der Waals surface area contributed by atoms with E-state index in [1.165, 1.54) is 0 Å². The van der Waals surface area contributed by atoms with Crippen LogP contribution in [0, 0.1) is 0 Å². The van der Waals surface area contributed by atoms with E-state index in [-0.39, 0.29) is 0 Å². The lowest BCUT2D eigenvalue weighted by Crippen LogP contribution is -2.32. The van der Waals surface area contributed by atoms with Crippen molar-refractivity contribution in [3.8, 4) is 0 Å². The molecule has 5 N–H and O–H groups in total. The summed E-state index contributed by atoms with van der Waals surface area (Å²) in [5.74, 6) is -0.411. The third kappa shape index (κ3) is 3.51. The Bertz CT molecular complexity index is 691. The predicted octanol–water partition coefficient (Wildman–Crippen LogP) is 2.65. The standard InChI is InChI=1S/C19H24N4O/c20-17-5-1-2-6-18(17)23(15-4-3-12-22-13-11-15)16-9-7-14(8-10-16)19(21)24/h1-2,5-10,15,22H,3-4,11-13,20H2,(H2,21,24). The zero-order valence-electron chi connectivity index (χ0n) is 13.7. The molecule has 0 bridgehead atoms. The van der Waals surface area contributed by atoms with Gasteiger partial charge in [0.05, 0.1) is 11.4 Å². The first kappa shape index (κ1) is 16.3. The van der Waals surface area contributed by atoms with E-state index in [0.29, 0.717) is 11.6 Å². The number of carbonyl (C=O) groups is 1. The number of hydrogen-bond donors (Lipinski definition) is 3. The lowest BCUT2D eigenvalue weighted by atomic mass is 10.0. The number of hydrogen-bond acceptors (Lipinski definition) is 4. The molecule has 0 aromatic heterocycles. The van der Waals surface area contributed by atoms with Crippen LogP contribution < -0.4 is 21.7 Å². The molecule has 1 saturated heterocycles. The van der Waals surface area contributed by atoms with Crippen LogP contribution in [0.2, 0.25) is 0 Å². The van der Waals surface area contributed by atoms with Crippen LogP contribution in [0.1, 0.15) is 29.6 Å². The number of primary amides is 1. The normalized spacial score (nSPS) is 17.9. The quantitative estimate of drug-likeness (QED) is 0.755. The van der Waals surface area contributed by atoms with E-state index < -0.39 is 5.91 Å². The zero-order chi connectivity index (χ0) is 16.9. The molecule has 1 heterocycles. The van der Waals surface area contributed by atoms with Crippen LogP contribution >= 0.6 is 0 Å². The smallest absolute Gasteiger partial charge is 0.248 e. The Hall–Kier alpha value is -2.53. The van der Waals surface area contributed by atoms with Crippen LogP contribution in [0.4, 0.5) is 17.1 Å². The second-order valence-corrected chi connectivity index (χ2v) is 6.17. The Morgan fingerprint density at radius 2 is 1.79 bits per heavy atom. The van der Waals surface area contributed by atoms with Gasteiger partial charge in [0.1, 0.15) is 0 Å². The summed E-state index contributed by atoms with van der Waals surface area (Å²) in [6, 6.07) is 15.7. The Balaban J connectivity index is 2.00. The molecule has 3 rings (SSSR count). The molecule has 1 unspecified atom stereocenters. The number of benzene rings is 2. The van der Waals surface area contributed by atoms with Crippen molar-refractivity contribution in [3.63, 3.8) is 0 Å². The van der Waals surface area contributed by atoms with Gasteiger partial charge in [0, 0.05) is 17.3 Å². The fourth-order valence-corrected chi connectivity index (χ4v) is 3.30. The number of para-hydroxylation sites is 2. The van der Waals surface area contributed by atoms with Gasteiger partial charge in [0.25, 0.3) is 0 Å². The van der Waals surface area contributed by atoms with Gasteiger partial charge in [-0.05, 0) is 68.8 Å². The topological polar surface area (TPSA) is 84.4 Å². The van der Waals surface area contributed by atoms with E-state index in [2.05, 4.69) is 16.3 Å². The summed E-state index contributed by atoms with van der Waals surface area (Å²) in [5.41, 5.74) is 14.9. The molecular weight excluding hydrogens is 300 g/mol. The van der Waals surface area contributed by atoms with Crippen LogP contribution in [0.3, 0.4) is 0 Å². The molecule has 1 fully saturated rings. The minimum absolute atomic E-state index is 0.365. The van der Waals surface area contributed by atoms with Gasteiger partial charge in [0.15, 0.2) is 0 Å². The summed E-state index contributed by atoms with van der Waals surface area (Å²) in [7, 11) is 0. The Labute approximate surface area is 142 Å². The van der Waals surface area contributed by atoms with Crippen molar-refractivity contribution in [2.45, 2.75) is 25.3 Å². The first-order valence-corrected chi connectivity index (χ1v) is 8.41. The zero-order valence-corrected chi connectivity index (χ0v) is 13.7. The number of carbonyl (C=O) groups excluding carboxylic acids is 1. The maximum Gasteiger partial charge on any atom is 0.248 e. The van der Waals surface area contributed by atoms with Gasteiger partial charge in [-0.25, -0.2) is 0 Å². The maximum absolute atomic E-state index is 11.3. The molecule has 2 aromatic rings. The van der Waals surface area contributed by atoms with Gasteiger partial charge in [0.2, 0.25) is 5.91 Å². The second-order valence-electron chi connectivity index (χ2n) is 6.17. The lowest BCUT2D eigenvalue weighted by molar-refractivity contribution is 0.100. The van der Waals surface area contributed by atoms with Crippen molar-refractivity contribution >= 4 is 23.0 Å². The lowest BCUT2D eigenvalue weighted by Gasteiger charge is -2.34. The molecule has 0 radical (unpaired) electrons. The van der Waals surface area contributed by atoms with Crippen molar-refractivity contribution < 1.29 is 4.79 Å². The van der Waals surface area contributed by atoms with Crippen molar-refractivity contribution in [1.82, 2.24) is 5.32 Å². The third-order valence-electron chi connectivity index (χ3n) is 4.54. The van der Waals surface area contributed by atoms with Crippen molar-refractivity contribution in [2.24, 2.45) is 5.73 Å². The number of nitrogens with two attached hydrogens (primary N) is 2. The summed E-state index contributed by atoms with van der Waals surface area (Å²) >= 11 is 0. The van der Waals surface area contributed by atoms with Gasteiger partial charge in [-0.2, -0.15) is 0 Å². The first-order chi connectivity index (χ1) is 11.7. The molecule has 126 valence electrons. The molecular formula is C19H24N4O. The molecule has 0 aliphatic carbocycles. The summed E-state index contributed by atoms with van der Waals surface area (Å²) in [5, 5.41) is 3.45. The highest BCUT2D eigenvalue weighted by atomic mass is 16.1. The highest BCUT2D eigenvalue weighted by Gasteiger charge is 2.23. The van der Waals surface area contributed by atoms with E-state index >= 15 is 0 Å². The van der Waals surface area contributed by atoms with E-state index in [1.807, 2.05) is 30.3 Å². The van der Waals surface area contributed by atoms with E-state index in [0.717, 1.165) is 49.4 Å². The molecule has 0 saturated carbocycles. The molecule has 0 spiro atoms. The Kier molecular flexibility index (Phi) is 5.01. The number of amides is 1. The van der Waals surface area contributed by atoms with Gasteiger partial charge in [-0.3, -0.25) is 4.79 Å². The first-order valence-electron chi connectivity index (χ1n) is 8.41. The monoisotopic (exact) mass is 324 g/mol. The average molecular weight is 324 g/mol. The molecule has 2 aromatic carbocycles. The second kappa shape index (κ2) is 7.36. The molecule has 1 atom stereocenters. The van der Waals surface area contributed by atoms with Crippen LogP contribution in [0.25, 0.3) is 0 Å². The van der Waals surface area contributed by atoms with Crippen molar-refractivity contribution in [3.05, 3.63) is 54.1 Å². The fraction of sp³-hybridized carbons (Fsp3) is 0.316. The number of nitrogens with zero attached hydrogens (tertiary/aromatic N) is 1. The van der Waals surface area contributed by atoms with Gasteiger partial charge in [-0.15, -0.1) is 0 Å². The molecule has 1 aliphatic rings. The summed E-state index contributed by atoms with van der Waals surface area (Å²) < 4.78 is 0. The SMILES string of the molecule is NC(=O)c1ccc(N(c2ccccc2N)C2CCCNCC2)cc1. The van der Waals surface area contributed by atoms with Crippen LogP contribution in [-0.2, 0) is 0 Å². The predicted molar refractivity (Wildman–Crippen MR) is 98.5 cm³/mol. The van der Waals surface area contributed by atoms with Gasteiger partial charge >= 0.3 is 0 Å². The van der Waals surface area contributed by atoms with Gasteiger partial charge in [-0.1, -0.05) is 12.1 Å². The Morgan fingerprint density at radius 3 is 2.50 bits per heavy atom. The van der Waals surface area contributed by atoms with Crippen molar-refractivity contribution in [2.75, 3.05) is 23.7 Å². The van der Waals surface area contributed by atoms with Gasteiger partial charge < -0.3 is 21.7 Å². The molecule has 5 heteroatoms. The molecule has 24 heavy (non-hydrogen) atoms. The van der Waals surface area contributed by atoms with Crippen LogP contribution in [-0.4, -0.2) is 25.0 Å². The highest BCUT2D eigenvalue weighted by Crippen LogP contribution is 2.35. The summed E-state index contributed by atoms with van der Waals surface area (Å²) in [4.78, 5) is 13.6. The summed E-state index contributed by atoms with van der Waals surface area (Å²) in [6.07, 6.45) is 3.28. The number of nitrogen functional groups attached to an aromatic ring is 1. The van der Waals surface area contributed by atoms with E-state index in [9.17, 15) is 4.79 Å². The fourth-order valence-electron chi connectivity index (χ4n) is 3.30. The number of nitrogens with one attached hydrogen (secondary N) is 1. The minimum atomic E-state index is -0.411. The van der Waals surface area contributed by atoms with Crippen molar-refractivity contribution in [1.29, 1.82) is 0 Å². The van der Waals surface area contributed by atoms with Crippen LogP contribution in [0.15, 0.2) is 48.5 Å². The largest absolute Gasteiger partial charge is 0.397 e. The average Bonchev–Trinajstić information content (AvgIpc) is 2.87. The van der Waals surface area contributed by atoms with E-state index in [1.54, 1.807) is 12.1 Å². The molecule has 5 nitrogen and oxygen atoms in total. The third-order valence-corrected chi connectivity index (χ3v) is 4.54. The highest BCUT2D eigenvalue weighted by molar-refractivity contribution is 5.93. The van der Waals surface area contributed by atoms with Crippen LogP contribution in [0.5, 0.6) is 0 Å². The Morgan fingerprint density at radius 1 is 1.04 bits per heavy atom. The summed E-state index contributed by atoms with van der Waals surface area (Å²) in [6.45, 7) is 2.04. The molecule has 1 amide bonds. The molecule has 1 aliphatic heterocycles. The number of anilines is 3. The van der Waals surface area contributed by atoms with E-state index in [4.69, 9.17) is 11.5 Å². The maximum atomic E-state index is 11.3. The number of rotatable bonds is 4.